The Morgan fingerprint density at radius 3 is 3.00 bits per heavy atom. The van der Waals surface area contributed by atoms with Gasteiger partial charge < -0.3 is 10.6 Å². The highest BCUT2D eigenvalue weighted by Gasteiger charge is 2.42. The largest absolute Gasteiger partial charge is 0.382 e. The summed E-state index contributed by atoms with van der Waals surface area (Å²) in [7, 11) is 0. The molecule has 0 spiro atoms. The smallest absolute Gasteiger partial charge is 0.263 e. The van der Waals surface area contributed by atoms with Crippen molar-refractivity contribution in [3.8, 4) is 0 Å². The van der Waals surface area contributed by atoms with Crippen molar-refractivity contribution in [1.82, 2.24) is 5.32 Å². The summed E-state index contributed by atoms with van der Waals surface area (Å²) in [6.07, 6.45) is 8.59. The fourth-order valence-corrected chi connectivity index (χ4v) is 4.55. The zero-order chi connectivity index (χ0) is 14.6. The Morgan fingerprint density at radius 1 is 1.33 bits per heavy atom. The van der Waals surface area contributed by atoms with Gasteiger partial charge in [-0.3, -0.25) is 9.79 Å². The third kappa shape index (κ3) is 1.73. The van der Waals surface area contributed by atoms with Gasteiger partial charge in [-0.15, -0.1) is 11.3 Å². The first-order valence-electron chi connectivity index (χ1n) is 7.21. The van der Waals surface area contributed by atoms with Gasteiger partial charge in [0.25, 0.3) is 5.91 Å². The first-order chi connectivity index (χ1) is 10.1. The van der Waals surface area contributed by atoms with Gasteiger partial charge in [-0.2, -0.15) is 0 Å². The van der Waals surface area contributed by atoms with Crippen LogP contribution in [-0.2, 0) is 5.41 Å². The second-order valence-electron chi connectivity index (χ2n) is 5.92. The zero-order valence-electron chi connectivity index (χ0n) is 12.1. The predicted molar refractivity (Wildman–Crippen MR) is 87.6 cm³/mol. The molecule has 5 heteroatoms. The summed E-state index contributed by atoms with van der Waals surface area (Å²) >= 11 is 1.57. The number of amides is 1. The molecule has 21 heavy (non-hydrogen) atoms. The van der Waals surface area contributed by atoms with E-state index in [9.17, 15) is 4.79 Å². The van der Waals surface area contributed by atoms with Crippen molar-refractivity contribution < 1.29 is 4.79 Å². The number of dihydropyridines is 1. The second-order valence-corrected chi connectivity index (χ2v) is 6.97. The van der Waals surface area contributed by atoms with Gasteiger partial charge in [0.05, 0.1) is 11.7 Å². The molecule has 0 radical (unpaired) electrons. The molecule has 0 aromatic carbocycles. The molecule has 0 fully saturated rings. The molecule has 4 nitrogen and oxygen atoms in total. The number of anilines is 1. The van der Waals surface area contributed by atoms with Crippen LogP contribution in [0.15, 0.2) is 23.2 Å². The van der Waals surface area contributed by atoms with Gasteiger partial charge in [0, 0.05) is 34.7 Å². The number of thiophene rings is 1. The fraction of sp³-hybridized carbons (Fsp3) is 0.375. The first-order valence-corrected chi connectivity index (χ1v) is 8.02. The van der Waals surface area contributed by atoms with Crippen molar-refractivity contribution in [2.75, 3.05) is 18.4 Å². The van der Waals surface area contributed by atoms with Crippen molar-refractivity contribution in [3.63, 3.8) is 0 Å². The van der Waals surface area contributed by atoms with Crippen LogP contribution in [0.25, 0.3) is 6.08 Å². The Hall–Kier alpha value is -1.88. The Morgan fingerprint density at radius 2 is 2.14 bits per heavy atom. The van der Waals surface area contributed by atoms with Gasteiger partial charge in [0.15, 0.2) is 0 Å². The number of nitrogens with one attached hydrogen (secondary N) is 2. The van der Waals surface area contributed by atoms with Crippen LogP contribution in [0, 0.1) is 0 Å². The second kappa shape index (κ2) is 4.31. The number of carbonyl (C=O) groups is 1. The maximum Gasteiger partial charge on any atom is 0.263 e. The Balaban J connectivity index is 1.94. The van der Waals surface area contributed by atoms with E-state index in [4.69, 9.17) is 4.99 Å². The summed E-state index contributed by atoms with van der Waals surface area (Å²) in [5.41, 5.74) is 3.10. The number of fused-ring (bicyclic) bond motifs is 5. The molecule has 2 unspecified atom stereocenters. The molecule has 2 atom stereocenters. The molecule has 0 saturated carbocycles. The highest BCUT2D eigenvalue weighted by Crippen LogP contribution is 2.49. The van der Waals surface area contributed by atoms with Crippen LogP contribution in [0.1, 0.15) is 34.0 Å². The van der Waals surface area contributed by atoms with Gasteiger partial charge in [0.1, 0.15) is 4.88 Å². The fourth-order valence-electron chi connectivity index (χ4n) is 3.31. The van der Waals surface area contributed by atoms with E-state index in [1.165, 1.54) is 10.4 Å². The van der Waals surface area contributed by atoms with Gasteiger partial charge >= 0.3 is 0 Å². The van der Waals surface area contributed by atoms with E-state index in [0.29, 0.717) is 6.54 Å². The van der Waals surface area contributed by atoms with Crippen molar-refractivity contribution in [1.29, 1.82) is 0 Å². The van der Waals surface area contributed by atoms with E-state index in [-0.39, 0.29) is 17.4 Å². The normalized spacial score (nSPS) is 29.5. The predicted octanol–water partition coefficient (Wildman–Crippen LogP) is 2.59. The van der Waals surface area contributed by atoms with Crippen LogP contribution in [0.5, 0.6) is 0 Å². The maximum absolute atomic E-state index is 12.2. The molecular weight excluding hydrogens is 282 g/mol. The van der Waals surface area contributed by atoms with Crippen molar-refractivity contribution in [2.45, 2.75) is 25.3 Å². The van der Waals surface area contributed by atoms with Gasteiger partial charge in [0.2, 0.25) is 0 Å². The van der Waals surface area contributed by atoms with Gasteiger partial charge in [-0.25, -0.2) is 0 Å². The first kappa shape index (κ1) is 12.8. The lowest BCUT2D eigenvalue weighted by molar-refractivity contribution is 0.0962. The summed E-state index contributed by atoms with van der Waals surface area (Å²) in [4.78, 5) is 19.0. The third-order valence-corrected chi connectivity index (χ3v) is 5.60. The number of aliphatic imine (C=N–C) groups is 1. The summed E-state index contributed by atoms with van der Waals surface area (Å²) in [6, 6.07) is 0.113. The number of nitrogens with zero attached hydrogens (tertiary/aromatic N) is 1. The highest BCUT2D eigenvalue weighted by atomic mass is 32.1. The van der Waals surface area contributed by atoms with Crippen molar-refractivity contribution >= 4 is 34.7 Å². The Bertz CT molecular complexity index is 728. The molecule has 2 aliphatic heterocycles. The van der Waals surface area contributed by atoms with E-state index < -0.39 is 0 Å². The number of hydrogen-bond acceptors (Lipinski definition) is 4. The van der Waals surface area contributed by atoms with Crippen LogP contribution in [0.2, 0.25) is 0 Å². The van der Waals surface area contributed by atoms with E-state index in [2.05, 4.69) is 41.9 Å². The van der Waals surface area contributed by atoms with Crippen LogP contribution in [-0.4, -0.2) is 30.8 Å². The number of allylic oxidation sites excluding steroid dienone is 1. The monoisotopic (exact) mass is 299 g/mol. The summed E-state index contributed by atoms with van der Waals surface area (Å²) < 4.78 is 0. The van der Waals surface area contributed by atoms with Crippen LogP contribution in [0.3, 0.4) is 0 Å². The standard InChI is InChI=1S/C16H17N3OS/c1-9-5-6-16(2)11(19-9)4-3-10-12(16)13-14(21-10)15(20)18-8-7-17-13/h3-6,11,17H,7-8H2,1-2H3,(H,18,20). The topological polar surface area (TPSA) is 53.5 Å². The third-order valence-electron chi connectivity index (χ3n) is 4.45. The lowest BCUT2D eigenvalue weighted by atomic mass is 9.71. The summed E-state index contributed by atoms with van der Waals surface area (Å²) in [5, 5.41) is 6.38. The van der Waals surface area contributed by atoms with Crippen LogP contribution < -0.4 is 10.6 Å². The van der Waals surface area contributed by atoms with Gasteiger partial charge in [-0.1, -0.05) is 12.2 Å². The molecule has 1 aliphatic carbocycles. The minimum absolute atomic E-state index is 0.0300. The minimum atomic E-state index is -0.175. The number of hydrogen-bond donors (Lipinski definition) is 2. The Kier molecular flexibility index (Phi) is 2.63. The van der Waals surface area contributed by atoms with Crippen LogP contribution >= 0.6 is 11.3 Å². The lowest BCUT2D eigenvalue weighted by Gasteiger charge is -2.37. The maximum atomic E-state index is 12.2. The van der Waals surface area contributed by atoms with Crippen molar-refractivity contribution in [3.05, 3.63) is 33.5 Å². The molecule has 0 saturated heterocycles. The quantitative estimate of drug-likeness (QED) is 0.773. The molecule has 4 rings (SSSR count). The number of carbonyl (C=O) groups excluding carboxylic acids is 1. The lowest BCUT2D eigenvalue weighted by Crippen LogP contribution is -2.37. The summed E-state index contributed by atoms with van der Waals surface area (Å²) in [6.45, 7) is 5.67. The average Bonchev–Trinajstić information content (AvgIpc) is 2.75. The van der Waals surface area contributed by atoms with E-state index >= 15 is 0 Å². The molecule has 3 aliphatic rings. The molecule has 1 aromatic heterocycles. The SMILES string of the molecule is CC1=NC2C=Cc3sc4c(c3C2(C)C=C1)NCCNC4=O. The van der Waals surface area contributed by atoms with E-state index in [1.54, 1.807) is 11.3 Å². The van der Waals surface area contributed by atoms with E-state index in [1.807, 2.05) is 6.92 Å². The van der Waals surface area contributed by atoms with Crippen LogP contribution in [0.4, 0.5) is 5.69 Å². The molecule has 2 N–H and O–H groups in total. The van der Waals surface area contributed by atoms with Gasteiger partial charge in [-0.05, 0) is 26.0 Å². The number of rotatable bonds is 0. The molecule has 3 heterocycles. The molecule has 0 bridgehead atoms. The Labute approximate surface area is 127 Å². The van der Waals surface area contributed by atoms with Crippen molar-refractivity contribution in [2.24, 2.45) is 4.99 Å². The molecular formula is C16H17N3OS. The van der Waals surface area contributed by atoms with E-state index in [0.717, 1.165) is 22.8 Å². The average molecular weight is 299 g/mol. The summed E-state index contributed by atoms with van der Waals surface area (Å²) in [5.74, 6) is 0.0300. The molecule has 1 aromatic rings. The molecule has 1 amide bonds. The highest BCUT2D eigenvalue weighted by molar-refractivity contribution is 7.15. The minimum Gasteiger partial charge on any atom is -0.382 e. The zero-order valence-corrected chi connectivity index (χ0v) is 12.9. The molecule has 108 valence electrons.